The summed E-state index contributed by atoms with van der Waals surface area (Å²) in [5, 5.41) is 2.89. The van der Waals surface area contributed by atoms with Gasteiger partial charge in [-0.15, -0.1) is 0 Å². The van der Waals surface area contributed by atoms with E-state index in [0.717, 1.165) is 30.7 Å². The van der Waals surface area contributed by atoms with Crippen molar-refractivity contribution in [3.63, 3.8) is 0 Å². The predicted octanol–water partition coefficient (Wildman–Crippen LogP) is 6.17. The smallest absolute Gasteiger partial charge is 0.260 e. The number of anilines is 2. The number of benzene rings is 3. The van der Waals surface area contributed by atoms with Gasteiger partial charge in [0, 0.05) is 17.8 Å². The summed E-state index contributed by atoms with van der Waals surface area (Å²) in [6.07, 6.45) is 3.30. The lowest BCUT2D eigenvalue weighted by molar-refractivity contribution is 0.0989. The third kappa shape index (κ3) is 5.97. The molecule has 0 aromatic heterocycles. The molecule has 2 amide bonds. The van der Waals surface area contributed by atoms with Crippen LogP contribution in [-0.4, -0.2) is 25.0 Å². The first-order valence-electron chi connectivity index (χ1n) is 11.1. The zero-order valence-corrected chi connectivity index (χ0v) is 18.7. The van der Waals surface area contributed by atoms with Gasteiger partial charge in [0.1, 0.15) is 5.75 Å². The van der Waals surface area contributed by atoms with Crippen LogP contribution in [0.15, 0.2) is 78.9 Å². The second-order valence-corrected chi connectivity index (χ2v) is 7.46. The zero-order valence-electron chi connectivity index (χ0n) is 18.7. The molecular formula is C27H30N2O3. The van der Waals surface area contributed by atoms with Crippen LogP contribution in [-0.2, 0) is 0 Å². The highest BCUT2D eigenvalue weighted by Gasteiger charge is 2.20. The Morgan fingerprint density at radius 2 is 1.53 bits per heavy atom. The van der Waals surface area contributed by atoms with Crippen molar-refractivity contribution in [2.75, 3.05) is 23.4 Å². The molecule has 0 atom stereocenters. The zero-order chi connectivity index (χ0) is 22.8. The van der Waals surface area contributed by atoms with E-state index in [1.165, 1.54) is 0 Å². The molecule has 3 rings (SSSR count). The van der Waals surface area contributed by atoms with Gasteiger partial charge < -0.3 is 15.0 Å². The second kappa shape index (κ2) is 11.7. The molecule has 0 saturated carbocycles. The van der Waals surface area contributed by atoms with Gasteiger partial charge in [-0.2, -0.15) is 0 Å². The maximum atomic E-state index is 13.3. The molecule has 0 aliphatic carbocycles. The predicted molar refractivity (Wildman–Crippen MR) is 130 cm³/mol. The van der Waals surface area contributed by atoms with E-state index in [2.05, 4.69) is 12.2 Å². The molecule has 0 unspecified atom stereocenters. The van der Waals surface area contributed by atoms with Crippen molar-refractivity contribution in [3.05, 3.63) is 90.0 Å². The molecule has 1 N–H and O–H groups in total. The molecule has 0 heterocycles. The number of carbonyl (C=O) groups is 2. The van der Waals surface area contributed by atoms with Crippen molar-refractivity contribution < 1.29 is 14.3 Å². The molecule has 0 fully saturated rings. The number of para-hydroxylation sites is 2. The van der Waals surface area contributed by atoms with Crippen LogP contribution in [0.5, 0.6) is 5.75 Å². The topological polar surface area (TPSA) is 58.6 Å². The van der Waals surface area contributed by atoms with Gasteiger partial charge in [-0.05, 0) is 61.9 Å². The summed E-state index contributed by atoms with van der Waals surface area (Å²) in [5.74, 6) is 0.311. The lowest BCUT2D eigenvalue weighted by Gasteiger charge is -2.22. The van der Waals surface area contributed by atoms with E-state index in [-0.39, 0.29) is 11.8 Å². The van der Waals surface area contributed by atoms with E-state index in [4.69, 9.17) is 4.74 Å². The fourth-order valence-corrected chi connectivity index (χ4v) is 3.41. The SMILES string of the molecule is CCCCCOc1ccc(C(=O)Nc2ccccc2C(=O)N(CC)c2ccccc2)cc1. The van der Waals surface area contributed by atoms with Crippen LogP contribution >= 0.6 is 0 Å². The maximum Gasteiger partial charge on any atom is 0.260 e. The van der Waals surface area contributed by atoms with Crippen LogP contribution < -0.4 is 15.0 Å². The first-order chi connectivity index (χ1) is 15.6. The highest BCUT2D eigenvalue weighted by Crippen LogP contribution is 2.23. The Hall–Kier alpha value is -3.60. The molecule has 0 aliphatic heterocycles. The Bertz CT molecular complexity index is 1020. The van der Waals surface area contributed by atoms with Crippen LogP contribution in [0.3, 0.4) is 0 Å². The molecule has 0 radical (unpaired) electrons. The normalized spacial score (nSPS) is 10.4. The van der Waals surface area contributed by atoms with E-state index in [9.17, 15) is 9.59 Å². The summed E-state index contributed by atoms with van der Waals surface area (Å²) in [6, 6.07) is 23.6. The van der Waals surface area contributed by atoms with Gasteiger partial charge in [-0.3, -0.25) is 9.59 Å². The third-order valence-corrected chi connectivity index (χ3v) is 5.17. The van der Waals surface area contributed by atoms with Crippen molar-refractivity contribution in [2.45, 2.75) is 33.1 Å². The van der Waals surface area contributed by atoms with Gasteiger partial charge in [0.15, 0.2) is 0 Å². The average Bonchev–Trinajstić information content (AvgIpc) is 2.83. The van der Waals surface area contributed by atoms with Crippen LogP contribution in [0.2, 0.25) is 0 Å². The molecular weight excluding hydrogens is 400 g/mol. The summed E-state index contributed by atoms with van der Waals surface area (Å²) in [4.78, 5) is 27.8. The Balaban J connectivity index is 1.72. The fourth-order valence-electron chi connectivity index (χ4n) is 3.41. The monoisotopic (exact) mass is 430 g/mol. The fraction of sp³-hybridized carbons (Fsp3) is 0.259. The number of amides is 2. The van der Waals surface area contributed by atoms with E-state index >= 15 is 0 Å². The van der Waals surface area contributed by atoms with Crippen molar-refractivity contribution in [1.29, 1.82) is 0 Å². The first kappa shape index (κ1) is 23.1. The van der Waals surface area contributed by atoms with Crippen LogP contribution in [0, 0.1) is 0 Å². The largest absolute Gasteiger partial charge is 0.494 e. The molecule has 0 spiro atoms. The number of ether oxygens (including phenoxy) is 1. The van der Waals surface area contributed by atoms with E-state index in [0.29, 0.717) is 30.0 Å². The van der Waals surface area contributed by atoms with Crippen molar-refractivity contribution in [1.82, 2.24) is 0 Å². The highest BCUT2D eigenvalue weighted by molar-refractivity contribution is 6.13. The summed E-state index contributed by atoms with van der Waals surface area (Å²) in [7, 11) is 0. The first-order valence-corrected chi connectivity index (χ1v) is 11.1. The minimum atomic E-state index is -0.273. The van der Waals surface area contributed by atoms with Gasteiger partial charge >= 0.3 is 0 Å². The molecule has 32 heavy (non-hydrogen) atoms. The lowest BCUT2D eigenvalue weighted by atomic mass is 10.1. The maximum absolute atomic E-state index is 13.3. The van der Waals surface area contributed by atoms with Gasteiger partial charge in [0.2, 0.25) is 0 Å². The number of rotatable bonds is 10. The van der Waals surface area contributed by atoms with E-state index < -0.39 is 0 Å². The Morgan fingerprint density at radius 1 is 0.844 bits per heavy atom. The Kier molecular flexibility index (Phi) is 8.44. The molecule has 5 heteroatoms. The highest BCUT2D eigenvalue weighted by atomic mass is 16.5. The number of nitrogens with zero attached hydrogens (tertiary/aromatic N) is 1. The van der Waals surface area contributed by atoms with E-state index in [1.54, 1.807) is 53.4 Å². The molecule has 5 nitrogen and oxygen atoms in total. The van der Waals surface area contributed by atoms with Crippen molar-refractivity contribution in [3.8, 4) is 5.75 Å². The summed E-state index contributed by atoms with van der Waals surface area (Å²) >= 11 is 0. The molecule has 166 valence electrons. The van der Waals surface area contributed by atoms with Gasteiger partial charge in [-0.1, -0.05) is 50.1 Å². The van der Waals surface area contributed by atoms with Crippen molar-refractivity contribution in [2.24, 2.45) is 0 Å². The summed E-state index contributed by atoms with van der Waals surface area (Å²) in [6.45, 7) is 5.27. The molecule has 0 bridgehead atoms. The summed E-state index contributed by atoms with van der Waals surface area (Å²) in [5.41, 5.74) is 2.25. The molecule has 0 aliphatic rings. The molecule has 3 aromatic carbocycles. The molecule has 3 aromatic rings. The van der Waals surface area contributed by atoms with Crippen molar-refractivity contribution >= 4 is 23.2 Å². The second-order valence-electron chi connectivity index (χ2n) is 7.46. The standard InChI is InChI=1S/C27H30N2O3/c1-3-5-11-20-32-23-18-16-21(17-19-23)26(30)28-25-15-10-9-14-24(25)27(31)29(4-2)22-12-7-6-8-13-22/h6-10,12-19H,3-5,11,20H2,1-2H3,(H,28,30). The third-order valence-electron chi connectivity index (χ3n) is 5.17. The molecule has 0 saturated heterocycles. The summed E-state index contributed by atoms with van der Waals surface area (Å²) < 4.78 is 5.71. The van der Waals surface area contributed by atoms with Gasteiger partial charge in [0.05, 0.1) is 17.9 Å². The number of hydrogen-bond donors (Lipinski definition) is 1. The lowest BCUT2D eigenvalue weighted by Crippen LogP contribution is -2.31. The number of nitrogens with one attached hydrogen (secondary N) is 1. The minimum absolute atomic E-state index is 0.162. The van der Waals surface area contributed by atoms with Crippen LogP contribution in [0.4, 0.5) is 11.4 Å². The quantitative estimate of drug-likeness (QED) is 0.391. The van der Waals surface area contributed by atoms with E-state index in [1.807, 2.05) is 37.3 Å². The Morgan fingerprint density at radius 3 is 2.22 bits per heavy atom. The minimum Gasteiger partial charge on any atom is -0.494 e. The van der Waals surface area contributed by atoms with Crippen LogP contribution in [0.1, 0.15) is 53.8 Å². The average molecular weight is 431 g/mol. The van der Waals surface area contributed by atoms with Crippen LogP contribution in [0.25, 0.3) is 0 Å². The number of hydrogen-bond acceptors (Lipinski definition) is 3. The van der Waals surface area contributed by atoms with Gasteiger partial charge in [0.25, 0.3) is 11.8 Å². The number of unbranched alkanes of at least 4 members (excludes halogenated alkanes) is 2. The number of carbonyl (C=O) groups excluding carboxylic acids is 2. The van der Waals surface area contributed by atoms with Gasteiger partial charge in [-0.25, -0.2) is 0 Å². The Labute approximate surface area is 190 Å².